The molecule has 2 saturated heterocycles. The minimum Gasteiger partial charge on any atom is -0.375 e. The van der Waals surface area contributed by atoms with E-state index in [1.54, 1.807) is 0 Å². The lowest BCUT2D eigenvalue weighted by Crippen LogP contribution is -2.41. The quantitative estimate of drug-likeness (QED) is 0.450. The number of morpholine rings is 1. The molecular weight excluding hydrogens is 458 g/mol. The molecule has 4 aromatic rings. The van der Waals surface area contributed by atoms with Gasteiger partial charge in [0.25, 0.3) is 0 Å². The van der Waals surface area contributed by atoms with Gasteiger partial charge in [-0.2, -0.15) is 9.61 Å². The average Bonchev–Trinajstić information content (AvgIpc) is 3.11. The number of rotatable bonds is 6. The molecule has 0 radical (unpaired) electrons. The van der Waals surface area contributed by atoms with E-state index in [9.17, 15) is 4.79 Å². The highest BCUT2D eigenvalue weighted by Crippen LogP contribution is 2.39. The fraction of sp³-hybridized carbons (Fsp3) is 0.409. The van der Waals surface area contributed by atoms with Crippen LogP contribution in [0.4, 0.5) is 5.13 Å². The van der Waals surface area contributed by atoms with Gasteiger partial charge in [-0.25, -0.2) is 4.98 Å². The third kappa shape index (κ3) is 3.78. The van der Waals surface area contributed by atoms with E-state index >= 15 is 0 Å². The summed E-state index contributed by atoms with van der Waals surface area (Å²) in [6.45, 7) is 1.96. The molecule has 7 rings (SSSR count). The molecule has 3 fully saturated rings. The van der Waals surface area contributed by atoms with Gasteiger partial charge in [-0.15, -0.1) is 10.2 Å². The molecule has 5 heterocycles. The molecule has 1 aromatic carbocycles. The second-order valence-corrected chi connectivity index (χ2v) is 10.9. The summed E-state index contributed by atoms with van der Waals surface area (Å²) < 4.78 is 8.46. The van der Waals surface area contributed by atoms with Crippen molar-refractivity contribution in [2.45, 2.75) is 47.4 Å². The number of amides is 1. The van der Waals surface area contributed by atoms with Crippen molar-refractivity contribution in [2.24, 2.45) is 0 Å². The number of fused-ring (bicyclic) bond motifs is 4. The Morgan fingerprint density at radius 2 is 2.18 bits per heavy atom. The maximum absolute atomic E-state index is 12.5. The summed E-state index contributed by atoms with van der Waals surface area (Å²) in [6.07, 6.45) is 3.74. The molecule has 3 aliphatic rings. The summed E-state index contributed by atoms with van der Waals surface area (Å²) in [5, 5.41) is 17.7. The van der Waals surface area contributed by atoms with Crippen molar-refractivity contribution in [1.29, 1.82) is 0 Å². The van der Waals surface area contributed by atoms with E-state index in [4.69, 9.17) is 9.84 Å². The highest BCUT2D eigenvalue weighted by atomic mass is 32.2. The van der Waals surface area contributed by atoms with Crippen molar-refractivity contribution in [3.05, 3.63) is 36.0 Å². The van der Waals surface area contributed by atoms with Gasteiger partial charge in [0.15, 0.2) is 10.8 Å². The molecule has 9 nitrogen and oxygen atoms in total. The molecule has 2 aliphatic heterocycles. The second-order valence-electron chi connectivity index (χ2n) is 8.86. The zero-order valence-corrected chi connectivity index (χ0v) is 19.3. The number of likely N-dealkylation sites (tertiary alicyclic amines) is 1. The van der Waals surface area contributed by atoms with Gasteiger partial charge in [0.05, 0.1) is 35.2 Å². The first-order valence-corrected chi connectivity index (χ1v) is 12.8. The third-order valence-electron chi connectivity index (χ3n) is 6.43. The summed E-state index contributed by atoms with van der Waals surface area (Å²) in [6, 6.07) is 10.5. The van der Waals surface area contributed by atoms with E-state index in [1.807, 2.05) is 22.7 Å². The van der Waals surface area contributed by atoms with Crippen LogP contribution in [0.2, 0.25) is 0 Å². The Morgan fingerprint density at radius 1 is 1.24 bits per heavy atom. The fourth-order valence-electron chi connectivity index (χ4n) is 4.59. The van der Waals surface area contributed by atoms with Crippen molar-refractivity contribution in [3.63, 3.8) is 0 Å². The van der Waals surface area contributed by atoms with Crippen molar-refractivity contribution in [1.82, 2.24) is 29.7 Å². The number of nitrogens with one attached hydrogen (secondary N) is 1. The lowest BCUT2D eigenvalue weighted by Gasteiger charge is -2.25. The zero-order valence-electron chi connectivity index (χ0n) is 17.7. The predicted molar refractivity (Wildman–Crippen MR) is 125 cm³/mol. The van der Waals surface area contributed by atoms with Crippen LogP contribution in [0.15, 0.2) is 40.4 Å². The van der Waals surface area contributed by atoms with Crippen LogP contribution in [0.25, 0.3) is 15.9 Å². The van der Waals surface area contributed by atoms with Crippen molar-refractivity contribution in [3.8, 4) is 0 Å². The third-order valence-corrected chi connectivity index (χ3v) is 8.29. The molecule has 2 bridgehead atoms. The van der Waals surface area contributed by atoms with Gasteiger partial charge in [0.2, 0.25) is 11.1 Å². The zero-order chi connectivity index (χ0) is 21.9. The summed E-state index contributed by atoms with van der Waals surface area (Å²) in [7, 11) is 0. The first-order valence-electron chi connectivity index (χ1n) is 11.1. The molecule has 0 spiro atoms. The molecule has 1 N–H and O–H groups in total. The van der Waals surface area contributed by atoms with Crippen molar-refractivity contribution < 1.29 is 9.53 Å². The SMILES string of the molecule is O=C(CN1C[C@@H]2C[C@H]1CO2)Nc1nc2ccc(Sc3nnc4ccc(C5CC5)nn34)cc2s1. The van der Waals surface area contributed by atoms with Crippen LogP contribution < -0.4 is 5.32 Å². The Morgan fingerprint density at radius 3 is 3.00 bits per heavy atom. The van der Waals surface area contributed by atoms with Gasteiger partial charge in [-0.1, -0.05) is 11.3 Å². The molecule has 11 heteroatoms. The lowest BCUT2D eigenvalue weighted by atomic mass is 10.2. The largest absolute Gasteiger partial charge is 0.375 e. The topological polar surface area (TPSA) is 97.5 Å². The van der Waals surface area contributed by atoms with Crippen LogP contribution >= 0.6 is 23.1 Å². The van der Waals surface area contributed by atoms with Gasteiger partial charge in [-0.3, -0.25) is 9.69 Å². The number of carbonyl (C=O) groups excluding carboxylic acids is 1. The lowest BCUT2D eigenvalue weighted by molar-refractivity contribution is -0.118. The van der Waals surface area contributed by atoms with Crippen LogP contribution in [0.5, 0.6) is 0 Å². The Hall–Kier alpha value is -2.60. The predicted octanol–water partition coefficient (Wildman–Crippen LogP) is 3.17. The normalized spacial score (nSPS) is 22.5. The average molecular weight is 480 g/mol. The van der Waals surface area contributed by atoms with Gasteiger partial charge in [0, 0.05) is 23.4 Å². The fourth-order valence-corrected chi connectivity index (χ4v) is 6.41. The van der Waals surface area contributed by atoms with E-state index in [0.29, 0.717) is 29.7 Å². The van der Waals surface area contributed by atoms with Gasteiger partial charge >= 0.3 is 0 Å². The molecule has 1 aliphatic carbocycles. The Labute approximate surface area is 197 Å². The van der Waals surface area contributed by atoms with Crippen LogP contribution in [0.3, 0.4) is 0 Å². The second kappa shape index (κ2) is 7.73. The van der Waals surface area contributed by atoms with Gasteiger partial charge in [0.1, 0.15) is 0 Å². The highest BCUT2D eigenvalue weighted by molar-refractivity contribution is 7.99. The molecule has 33 heavy (non-hydrogen) atoms. The van der Waals surface area contributed by atoms with Crippen molar-refractivity contribution >= 4 is 50.0 Å². The van der Waals surface area contributed by atoms with E-state index in [2.05, 4.69) is 37.5 Å². The molecule has 1 amide bonds. The smallest absolute Gasteiger partial charge is 0.240 e. The molecule has 3 aromatic heterocycles. The van der Waals surface area contributed by atoms with Crippen LogP contribution in [-0.4, -0.2) is 67.4 Å². The van der Waals surface area contributed by atoms with E-state index in [1.165, 1.54) is 35.9 Å². The van der Waals surface area contributed by atoms with Crippen LogP contribution in [0.1, 0.15) is 30.9 Å². The number of nitrogens with zero attached hydrogens (tertiary/aromatic N) is 6. The summed E-state index contributed by atoms with van der Waals surface area (Å²) in [4.78, 5) is 20.4. The number of aromatic nitrogens is 5. The van der Waals surface area contributed by atoms with Crippen LogP contribution in [-0.2, 0) is 9.53 Å². The number of anilines is 1. The van der Waals surface area contributed by atoms with E-state index in [0.717, 1.165) is 51.2 Å². The first-order chi connectivity index (χ1) is 16.2. The summed E-state index contributed by atoms with van der Waals surface area (Å²) in [5.74, 6) is 0.550. The summed E-state index contributed by atoms with van der Waals surface area (Å²) in [5.41, 5.74) is 2.73. The number of carbonyl (C=O) groups is 1. The minimum atomic E-state index is -0.0244. The molecule has 168 valence electrons. The maximum atomic E-state index is 12.5. The number of benzene rings is 1. The Balaban J connectivity index is 1.07. The maximum Gasteiger partial charge on any atom is 0.240 e. The first kappa shape index (κ1) is 19.8. The van der Waals surface area contributed by atoms with E-state index < -0.39 is 0 Å². The monoisotopic (exact) mass is 479 g/mol. The molecule has 2 atom stereocenters. The molecule has 0 unspecified atom stereocenters. The minimum absolute atomic E-state index is 0.0244. The highest BCUT2D eigenvalue weighted by Gasteiger charge is 2.39. The standard InChI is InChI=1S/C22H21N7O2S2/c30-20(10-28-9-14-7-13(28)11-31-14)24-21-23-17-4-3-15(8-18(17)33-21)32-22-26-25-19-6-5-16(12-1-2-12)27-29(19)22/h3-6,8,12-14H,1-2,7,9-11H2,(H,23,24,30)/t13-,14-/m0/s1. The molecule has 1 saturated carbocycles. The summed E-state index contributed by atoms with van der Waals surface area (Å²) >= 11 is 3.02. The van der Waals surface area contributed by atoms with Gasteiger partial charge < -0.3 is 10.1 Å². The van der Waals surface area contributed by atoms with Gasteiger partial charge in [-0.05, 0) is 61.4 Å². The number of hydrogen-bond donors (Lipinski definition) is 1. The van der Waals surface area contributed by atoms with Crippen molar-refractivity contribution in [2.75, 3.05) is 25.0 Å². The number of hydrogen-bond acceptors (Lipinski definition) is 9. The van der Waals surface area contributed by atoms with Crippen LogP contribution in [0, 0.1) is 0 Å². The Bertz CT molecular complexity index is 1380. The Kier molecular flexibility index (Phi) is 4.64. The molecular formula is C22H21N7O2S2. The number of thiazole rings is 1. The number of ether oxygens (including phenoxy) is 1. The van der Waals surface area contributed by atoms with E-state index in [-0.39, 0.29) is 5.91 Å².